The molecule has 0 N–H and O–H groups in total. The molecule has 1 aromatic carbocycles. The standard InChI is InChI=1S/C15H12Br2F3N3O2S/c1-22(2)11(15(18,19)20)6-12(25)23(7-24)8-3-4-10-9(5-8)13(14(16)17)21-26-10/h3-7,14H,1-2H3/b11-6-. The minimum atomic E-state index is -4.72. The van der Waals surface area contributed by atoms with Crippen LogP contribution in [0, 0.1) is 0 Å². The number of nitrogens with zero attached hydrogens (tertiary/aromatic N) is 3. The Morgan fingerprint density at radius 1 is 1.31 bits per heavy atom. The van der Waals surface area contributed by atoms with E-state index in [0.717, 1.165) is 9.60 Å². The lowest BCUT2D eigenvalue weighted by molar-refractivity contribution is -0.121. The van der Waals surface area contributed by atoms with Crippen molar-refractivity contribution in [3.8, 4) is 0 Å². The van der Waals surface area contributed by atoms with Gasteiger partial charge >= 0.3 is 6.18 Å². The van der Waals surface area contributed by atoms with Gasteiger partial charge in [-0.1, -0.05) is 31.9 Å². The van der Waals surface area contributed by atoms with Crippen molar-refractivity contribution in [3.63, 3.8) is 0 Å². The number of amides is 2. The van der Waals surface area contributed by atoms with E-state index < -0.39 is 17.8 Å². The average molecular weight is 515 g/mol. The maximum atomic E-state index is 13.0. The second-order valence-electron chi connectivity index (χ2n) is 5.28. The second kappa shape index (κ2) is 8.05. The van der Waals surface area contributed by atoms with E-state index in [-0.39, 0.29) is 15.8 Å². The summed E-state index contributed by atoms with van der Waals surface area (Å²) in [6.45, 7) is 0. The maximum Gasteiger partial charge on any atom is 0.431 e. The SMILES string of the molecule is CN(C)/C(=C\C(=O)N(C=O)c1ccc2snc(C(Br)Br)c2c1)C(F)(F)F. The first kappa shape index (κ1) is 20.8. The fourth-order valence-corrected chi connectivity index (χ4v) is 3.90. The molecule has 5 nitrogen and oxygen atoms in total. The number of imide groups is 1. The van der Waals surface area contributed by atoms with Crippen molar-refractivity contribution in [3.05, 3.63) is 35.7 Å². The van der Waals surface area contributed by atoms with Crippen LogP contribution < -0.4 is 4.90 Å². The summed E-state index contributed by atoms with van der Waals surface area (Å²) >= 11 is 7.89. The molecule has 0 aliphatic rings. The zero-order valence-electron chi connectivity index (χ0n) is 13.4. The van der Waals surface area contributed by atoms with Crippen molar-refractivity contribution in [1.82, 2.24) is 9.27 Å². The quantitative estimate of drug-likeness (QED) is 0.333. The number of rotatable bonds is 5. The molecule has 0 fully saturated rings. The summed E-state index contributed by atoms with van der Waals surface area (Å²) in [7, 11) is 2.33. The third kappa shape index (κ3) is 4.44. The number of halogens is 5. The van der Waals surface area contributed by atoms with Crippen LogP contribution in [0.5, 0.6) is 0 Å². The van der Waals surface area contributed by atoms with Crippen LogP contribution in [0.1, 0.15) is 9.43 Å². The second-order valence-corrected chi connectivity index (χ2v) is 9.15. The van der Waals surface area contributed by atoms with Gasteiger partial charge in [0, 0.05) is 25.6 Å². The predicted molar refractivity (Wildman–Crippen MR) is 102 cm³/mol. The zero-order chi connectivity index (χ0) is 19.6. The molecule has 140 valence electrons. The lowest BCUT2D eigenvalue weighted by Crippen LogP contribution is -2.32. The fourth-order valence-electron chi connectivity index (χ4n) is 2.14. The molecule has 0 atom stereocenters. The Kier molecular flexibility index (Phi) is 6.46. The first-order valence-corrected chi connectivity index (χ1v) is 9.59. The molecular formula is C15H12Br2F3N3O2S. The summed E-state index contributed by atoms with van der Waals surface area (Å²) in [6, 6.07) is 4.66. The van der Waals surface area contributed by atoms with Crippen LogP contribution >= 0.6 is 43.4 Å². The number of fused-ring (bicyclic) bond motifs is 1. The van der Waals surface area contributed by atoms with Crippen molar-refractivity contribution >= 4 is 71.5 Å². The van der Waals surface area contributed by atoms with Gasteiger partial charge < -0.3 is 4.90 Å². The number of carbonyl (C=O) groups excluding carboxylic acids is 2. The lowest BCUT2D eigenvalue weighted by atomic mass is 10.2. The lowest BCUT2D eigenvalue weighted by Gasteiger charge is -2.21. The number of anilines is 1. The van der Waals surface area contributed by atoms with Gasteiger partial charge in [0.25, 0.3) is 5.91 Å². The van der Waals surface area contributed by atoms with E-state index in [2.05, 4.69) is 36.2 Å². The smallest absolute Gasteiger partial charge is 0.373 e. The highest BCUT2D eigenvalue weighted by Crippen LogP contribution is 2.37. The summed E-state index contributed by atoms with van der Waals surface area (Å²) in [5.74, 6) is -1.10. The number of allylic oxidation sites excluding steroid dienone is 1. The molecule has 0 bridgehead atoms. The Bertz CT molecular complexity index is 865. The molecule has 0 saturated heterocycles. The van der Waals surface area contributed by atoms with E-state index in [9.17, 15) is 22.8 Å². The molecule has 0 unspecified atom stereocenters. The number of hydrogen-bond donors (Lipinski definition) is 0. The first-order chi connectivity index (χ1) is 12.1. The Balaban J connectivity index is 2.47. The molecule has 2 aromatic rings. The molecule has 11 heteroatoms. The van der Waals surface area contributed by atoms with E-state index in [1.807, 2.05) is 0 Å². The van der Waals surface area contributed by atoms with Crippen molar-refractivity contribution in [2.45, 2.75) is 9.91 Å². The molecule has 0 saturated carbocycles. The van der Waals surface area contributed by atoms with Crippen LogP contribution in [-0.2, 0) is 9.59 Å². The predicted octanol–water partition coefficient (Wildman–Crippen LogP) is 4.58. The number of hydrogen-bond acceptors (Lipinski definition) is 5. The molecular weight excluding hydrogens is 503 g/mol. The van der Waals surface area contributed by atoms with Crippen LogP contribution in [0.4, 0.5) is 18.9 Å². The van der Waals surface area contributed by atoms with Gasteiger partial charge in [-0.2, -0.15) is 17.5 Å². The van der Waals surface area contributed by atoms with Crippen molar-refractivity contribution in [2.24, 2.45) is 0 Å². The fraction of sp³-hybridized carbons (Fsp3) is 0.267. The van der Waals surface area contributed by atoms with E-state index in [1.165, 1.54) is 37.8 Å². The molecule has 0 aliphatic heterocycles. The van der Waals surface area contributed by atoms with Gasteiger partial charge in [-0.3, -0.25) is 9.59 Å². The molecule has 0 aliphatic carbocycles. The average Bonchev–Trinajstić information content (AvgIpc) is 2.95. The van der Waals surface area contributed by atoms with E-state index in [0.29, 0.717) is 22.1 Å². The van der Waals surface area contributed by atoms with Gasteiger partial charge in [0.05, 0.1) is 16.1 Å². The van der Waals surface area contributed by atoms with Crippen LogP contribution in [0.3, 0.4) is 0 Å². The van der Waals surface area contributed by atoms with Crippen LogP contribution in [-0.4, -0.2) is 41.9 Å². The summed E-state index contributed by atoms with van der Waals surface area (Å²) < 4.78 is 43.9. The Labute approximate surface area is 167 Å². The van der Waals surface area contributed by atoms with Gasteiger partial charge in [-0.05, 0) is 29.7 Å². The highest BCUT2D eigenvalue weighted by atomic mass is 79.9. The number of benzene rings is 1. The monoisotopic (exact) mass is 513 g/mol. The van der Waals surface area contributed by atoms with Crippen LogP contribution in [0.2, 0.25) is 0 Å². The maximum absolute atomic E-state index is 13.0. The van der Waals surface area contributed by atoms with Crippen LogP contribution in [0.25, 0.3) is 10.1 Å². The normalized spacial score (nSPS) is 12.5. The largest absolute Gasteiger partial charge is 0.431 e. The molecule has 2 rings (SSSR count). The highest BCUT2D eigenvalue weighted by molar-refractivity contribution is 9.24. The Morgan fingerprint density at radius 2 is 1.96 bits per heavy atom. The summed E-state index contributed by atoms with van der Waals surface area (Å²) in [5.41, 5.74) is -0.365. The topological polar surface area (TPSA) is 53.5 Å². The summed E-state index contributed by atoms with van der Waals surface area (Å²) in [5, 5.41) is 0.679. The van der Waals surface area contributed by atoms with E-state index in [1.54, 1.807) is 6.07 Å². The third-order valence-corrected chi connectivity index (χ3v) is 5.05. The zero-order valence-corrected chi connectivity index (χ0v) is 17.4. The molecule has 2 amide bonds. The van der Waals surface area contributed by atoms with Crippen molar-refractivity contribution in [1.29, 1.82) is 0 Å². The Morgan fingerprint density at radius 3 is 2.46 bits per heavy atom. The van der Waals surface area contributed by atoms with Crippen molar-refractivity contribution < 1.29 is 22.8 Å². The van der Waals surface area contributed by atoms with Crippen molar-refractivity contribution in [2.75, 3.05) is 19.0 Å². The van der Waals surface area contributed by atoms with E-state index in [4.69, 9.17) is 0 Å². The van der Waals surface area contributed by atoms with Gasteiger partial charge in [0.2, 0.25) is 6.41 Å². The molecule has 0 radical (unpaired) electrons. The van der Waals surface area contributed by atoms with Gasteiger partial charge in [-0.25, -0.2) is 4.90 Å². The molecule has 1 heterocycles. The molecule has 1 aromatic heterocycles. The Hall–Kier alpha value is -1.46. The summed E-state index contributed by atoms with van der Waals surface area (Å²) in [4.78, 5) is 25.1. The van der Waals surface area contributed by atoms with Gasteiger partial charge in [0.15, 0.2) is 0 Å². The summed E-state index contributed by atoms with van der Waals surface area (Å²) in [6.07, 6.45) is -4.15. The van der Waals surface area contributed by atoms with Gasteiger partial charge in [-0.15, -0.1) is 0 Å². The number of carbonyl (C=O) groups is 2. The highest BCUT2D eigenvalue weighted by Gasteiger charge is 2.36. The minimum Gasteiger partial charge on any atom is -0.373 e. The van der Waals surface area contributed by atoms with Gasteiger partial charge in [0.1, 0.15) is 9.43 Å². The molecule has 26 heavy (non-hydrogen) atoms. The number of alkyl halides is 5. The van der Waals surface area contributed by atoms with E-state index >= 15 is 0 Å². The first-order valence-electron chi connectivity index (χ1n) is 6.98. The number of aromatic nitrogens is 1. The molecule has 0 spiro atoms. The minimum absolute atomic E-state index is 0.149. The van der Waals surface area contributed by atoms with Crippen LogP contribution in [0.15, 0.2) is 30.0 Å². The third-order valence-electron chi connectivity index (χ3n) is 3.34.